The average molecular weight is 361 g/mol. The van der Waals surface area contributed by atoms with Gasteiger partial charge < -0.3 is 10.2 Å². The zero-order valence-electron chi connectivity index (χ0n) is 14.1. The molecule has 6 heteroatoms. The standard InChI is InChI=1S/C18H24N4S2/c1-2-15-5-3-6-16(13-15)20-18(23)22-9-4-8-21(10-11-22)14-17-19-7-12-24-17/h3,5-7,12-13H,2,4,8-11,14H2,1H3,(H,20,23). The molecule has 1 N–H and O–H groups in total. The molecule has 0 bridgehead atoms. The molecule has 2 heterocycles. The summed E-state index contributed by atoms with van der Waals surface area (Å²) in [6.45, 7) is 7.21. The molecule has 4 nitrogen and oxygen atoms in total. The van der Waals surface area contributed by atoms with Crippen LogP contribution in [-0.4, -0.2) is 46.1 Å². The van der Waals surface area contributed by atoms with E-state index in [2.05, 4.69) is 51.3 Å². The highest BCUT2D eigenvalue weighted by molar-refractivity contribution is 7.80. The number of thiazole rings is 1. The smallest absolute Gasteiger partial charge is 0.173 e. The van der Waals surface area contributed by atoms with Crippen LogP contribution in [-0.2, 0) is 13.0 Å². The van der Waals surface area contributed by atoms with E-state index in [-0.39, 0.29) is 0 Å². The Hall–Kier alpha value is -1.50. The maximum absolute atomic E-state index is 5.64. The summed E-state index contributed by atoms with van der Waals surface area (Å²) in [7, 11) is 0. The molecule has 2 aromatic rings. The van der Waals surface area contributed by atoms with Gasteiger partial charge in [-0.2, -0.15) is 0 Å². The van der Waals surface area contributed by atoms with E-state index in [1.807, 2.05) is 11.6 Å². The number of anilines is 1. The Balaban J connectivity index is 1.54. The molecule has 3 rings (SSSR count). The van der Waals surface area contributed by atoms with Crippen molar-refractivity contribution in [1.29, 1.82) is 0 Å². The summed E-state index contributed by atoms with van der Waals surface area (Å²) in [5.41, 5.74) is 2.41. The molecule has 0 aliphatic carbocycles. The molecule has 0 amide bonds. The number of aromatic nitrogens is 1. The lowest BCUT2D eigenvalue weighted by Gasteiger charge is -2.24. The summed E-state index contributed by atoms with van der Waals surface area (Å²) in [6.07, 6.45) is 4.05. The van der Waals surface area contributed by atoms with Gasteiger partial charge in [-0.25, -0.2) is 4.98 Å². The van der Waals surface area contributed by atoms with Crippen LogP contribution in [0.4, 0.5) is 5.69 Å². The van der Waals surface area contributed by atoms with Crippen LogP contribution in [0.3, 0.4) is 0 Å². The van der Waals surface area contributed by atoms with Gasteiger partial charge in [0.2, 0.25) is 0 Å². The van der Waals surface area contributed by atoms with Crippen molar-refractivity contribution in [3.8, 4) is 0 Å². The van der Waals surface area contributed by atoms with E-state index in [4.69, 9.17) is 12.2 Å². The fourth-order valence-electron chi connectivity index (χ4n) is 2.93. The molecule has 0 saturated carbocycles. The number of nitrogens with zero attached hydrogens (tertiary/aromatic N) is 3. The van der Waals surface area contributed by atoms with Gasteiger partial charge in [0.05, 0.1) is 6.54 Å². The zero-order valence-corrected chi connectivity index (χ0v) is 15.7. The van der Waals surface area contributed by atoms with Gasteiger partial charge in [-0.05, 0) is 42.8 Å². The topological polar surface area (TPSA) is 31.4 Å². The number of hydrogen-bond donors (Lipinski definition) is 1. The maximum Gasteiger partial charge on any atom is 0.173 e. The normalized spacial score (nSPS) is 16.0. The molecule has 1 aromatic heterocycles. The average Bonchev–Trinajstić information content (AvgIpc) is 2.99. The molecule has 1 fully saturated rings. The monoisotopic (exact) mass is 360 g/mol. The predicted molar refractivity (Wildman–Crippen MR) is 106 cm³/mol. The number of aryl methyl sites for hydroxylation is 1. The molecule has 0 spiro atoms. The largest absolute Gasteiger partial charge is 0.348 e. The molecule has 0 atom stereocenters. The van der Waals surface area contributed by atoms with Crippen LogP contribution in [0.1, 0.15) is 23.9 Å². The highest BCUT2D eigenvalue weighted by atomic mass is 32.1. The first kappa shape index (κ1) is 17.3. The van der Waals surface area contributed by atoms with E-state index in [1.165, 1.54) is 10.6 Å². The Bertz CT molecular complexity index is 657. The van der Waals surface area contributed by atoms with Gasteiger partial charge in [0.25, 0.3) is 0 Å². The van der Waals surface area contributed by atoms with Crippen molar-refractivity contribution >= 4 is 34.4 Å². The summed E-state index contributed by atoms with van der Waals surface area (Å²) < 4.78 is 0. The predicted octanol–water partition coefficient (Wildman–Crippen LogP) is 3.61. The molecule has 0 radical (unpaired) electrons. The Morgan fingerprint density at radius 2 is 2.21 bits per heavy atom. The number of hydrogen-bond acceptors (Lipinski definition) is 4. The summed E-state index contributed by atoms with van der Waals surface area (Å²) in [4.78, 5) is 9.15. The highest BCUT2D eigenvalue weighted by Crippen LogP contribution is 2.14. The third-order valence-electron chi connectivity index (χ3n) is 4.30. The maximum atomic E-state index is 5.64. The number of thiocarbonyl (C=S) groups is 1. The van der Waals surface area contributed by atoms with Crippen LogP contribution in [0.25, 0.3) is 0 Å². The van der Waals surface area contributed by atoms with Crippen LogP contribution >= 0.6 is 23.6 Å². The number of benzene rings is 1. The summed E-state index contributed by atoms with van der Waals surface area (Å²) in [5.74, 6) is 0. The summed E-state index contributed by atoms with van der Waals surface area (Å²) in [5, 5.41) is 7.48. The minimum absolute atomic E-state index is 0.833. The number of rotatable bonds is 4. The lowest BCUT2D eigenvalue weighted by molar-refractivity contribution is 0.278. The van der Waals surface area contributed by atoms with Gasteiger partial charge in [-0.1, -0.05) is 19.1 Å². The fourth-order valence-corrected chi connectivity index (χ4v) is 3.88. The van der Waals surface area contributed by atoms with Crippen molar-refractivity contribution in [2.45, 2.75) is 26.3 Å². The lowest BCUT2D eigenvalue weighted by Crippen LogP contribution is -2.37. The first-order valence-corrected chi connectivity index (χ1v) is 9.79. The van der Waals surface area contributed by atoms with Gasteiger partial charge in [0, 0.05) is 43.4 Å². The Labute approximate surface area is 153 Å². The van der Waals surface area contributed by atoms with Crippen molar-refractivity contribution < 1.29 is 0 Å². The molecular weight excluding hydrogens is 336 g/mol. The van der Waals surface area contributed by atoms with E-state index >= 15 is 0 Å². The van der Waals surface area contributed by atoms with E-state index in [0.29, 0.717) is 0 Å². The van der Waals surface area contributed by atoms with Crippen molar-refractivity contribution in [2.24, 2.45) is 0 Å². The second kappa shape index (κ2) is 8.55. The van der Waals surface area contributed by atoms with Crippen molar-refractivity contribution in [3.63, 3.8) is 0 Å². The molecule has 1 aliphatic rings. The van der Waals surface area contributed by atoms with E-state index in [0.717, 1.165) is 56.4 Å². The van der Waals surface area contributed by atoms with Crippen LogP contribution in [0.15, 0.2) is 35.8 Å². The first-order chi connectivity index (χ1) is 11.7. The fraction of sp³-hybridized carbons (Fsp3) is 0.444. The molecule has 24 heavy (non-hydrogen) atoms. The second-order valence-corrected chi connectivity index (χ2v) is 7.39. The minimum atomic E-state index is 0.833. The van der Waals surface area contributed by atoms with Gasteiger partial charge >= 0.3 is 0 Å². The molecule has 1 aromatic carbocycles. The number of nitrogens with one attached hydrogen (secondary N) is 1. The van der Waals surface area contributed by atoms with Crippen LogP contribution < -0.4 is 5.32 Å². The van der Waals surface area contributed by atoms with Crippen LogP contribution in [0.5, 0.6) is 0 Å². The van der Waals surface area contributed by atoms with Crippen molar-refractivity contribution in [3.05, 3.63) is 46.4 Å². The third kappa shape index (κ3) is 4.75. The van der Waals surface area contributed by atoms with Crippen LogP contribution in [0, 0.1) is 0 Å². The molecule has 128 valence electrons. The lowest BCUT2D eigenvalue weighted by atomic mass is 10.1. The van der Waals surface area contributed by atoms with Gasteiger partial charge in [-0.3, -0.25) is 4.90 Å². The Kier molecular flexibility index (Phi) is 6.18. The minimum Gasteiger partial charge on any atom is -0.348 e. The van der Waals surface area contributed by atoms with E-state index in [9.17, 15) is 0 Å². The zero-order chi connectivity index (χ0) is 16.8. The SMILES string of the molecule is CCc1cccc(NC(=S)N2CCCN(Cc3nccs3)CC2)c1. The first-order valence-electron chi connectivity index (χ1n) is 8.50. The van der Waals surface area contributed by atoms with Crippen LogP contribution in [0.2, 0.25) is 0 Å². The van der Waals surface area contributed by atoms with Crippen molar-refractivity contribution in [1.82, 2.24) is 14.8 Å². The second-order valence-electron chi connectivity index (χ2n) is 6.03. The Morgan fingerprint density at radius 3 is 3.00 bits per heavy atom. The van der Waals surface area contributed by atoms with E-state index in [1.54, 1.807) is 11.3 Å². The van der Waals surface area contributed by atoms with Gasteiger partial charge in [-0.15, -0.1) is 11.3 Å². The molecule has 1 aliphatic heterocycles. The quantitative estimate of drug-likeness (QED) is 0.842. The summed E-state index contributed by atoms with van der Waals surface area (Å²) in [6, 6.07) is 8.50. The van der Waals surface area contributed by atoms with Gasteiger partial charge in [0.1, 0.15) is 5.01 Å². The Morgan fingerprint density at radius 1 is 1.29 bits per heavy atom. The highest BCUT2D eigenvalue weighted by Gasteiger charge is 2.17. The summed E-state index contributed by atoms with van der Waals surface area (Å²) >= 11 is 7.37. The van der Waals surface area contributed by atoms with E-state index < -0.39 is 0 Å². The molecular formula is C18H24N4S2. The third-order valence-corrected chi connectivity index (χ3v) is 5.43. The van der Waals surface area contributed by atoms with Crippen molar-refractivity contribution in [2.75, 3.05) is 31.5 Å². The molecule has 0 unspecified atom stereocenters. The molecule has 1 saturated heterocycles. The van der Waals surface area contributed by atoms with Gasteiger partial charge in [0.15, 0.2) is 5.11 Å².